The number of piperazine rings is 1. The average molecular weight is 534 g/mol. The van der Waals surface area contributed by atoms with Gasteiger partial charge >= 0.3 is 6.09 Å². The molecule has 2 aromatic heterocycles. The molecule has 1 amide bonds. The topological polar surface area (TPSA) is 102 Å². The summed E-state index contributed by atoms with van der Waals surface area (Å²) in [4.78, 5) is 38.1. The number of methoxy groups -OCH3 is 1. The number of nitrogens with zero attached hydrogens (tertiary/aromatic N) is 4. The van der Waals surface area contributed by atoms with Gasteiger partial charge < -0.3 is 20.3 Å². The van der Waals surface area contributed by atoms with Crippen LogP contribution in [0.4, 0.5) is 14.9 Å². The molecule has 0 spiro atoms. The molecule has 5 rings (SSSR count). The molecule has 2 fully saturated rings. The van der Waals surface area contributed by atoms with E-state index in [1.165, 1.54) is 19.2 Å². The number of ketones is 1. The predicted octanol–water partition coefficient (Wildman–Crippen LogP) is 4.70. The number of hydrogen-bond acceptors (Lipinski definition) is 7. The Kier molecular flexibility index (Phi) is 7.79. The van der Waals surface area contributed by atoms with Gasteiger partial charge in [-0.3, -0.25) is 14.8 Å². The highest BCUT2D eigenvalue weighted by atomic mass is 19.1. The largest absolute Gasteiger partial charge is 0.453 e. The highest BCUT2D eigenvalue weighted by molar-refractivity contribution is 6.08. The lowest BCUT2D eigenvalue weighted by Gasteiger charge is -2.40. The number of halogens is 1. The molecule has 3 aromatic rings. The van der Waals surface area contributed by atoms with Gasteiger partial charge in [0.2, 0.25) is 0 Å². The Balaban J connectivity index is 1.40. The summed E-state index contributed by atoms with van der Waals surface area (Å²) in [6.45, 7) is 5.78. The van der Waals surface area contributed by atoms with E-state index in [9.17, 15) is 9.59 Å². The summed E-state index contributed by atoms with van der Waals surface area (Å²) in [5.74, 6) is 0.273. The number of amides is 1. The van der Waals surface area contributed by atoms with Crippen molar-refractivity contribution in [1.29, 1.82) is 0 Å². The van der Waals surface area contributed by atoms with Crippen molar-refractivity contribution in [2.45, 2.75) is 57.5 Å². The highest BCUT2D eigenvalue weighted by Gasteiger charge is 2.29. The lowest BCUT2D eigenvalue weighted by Crippen LogP contribution is -2.53. The van der Waals surface area contributed by atoms with E-state index in [2.05, 4.69) is 21.8 Å². The number of anilines is 1. The summed E-state index contributed by atoms with van der Waals surface area (Å²) in [7, 11) is 1.37. The van der Waals surface area contributed by atoms with E-state index in [0.717, 1.165) is 36.1 Å². The average Bonchev–Trinajstić information content (AvgIpc) is 2.92. The Morgan fingerprint density at radius 3 is 2.69 bits per heavy atom. The lowest BCUT2D eigenvalue weighted by molar-refractivity contribution is 0.0993. The molecule has 1 saturated carbocycles. The number of carbonyl (C=O) groups is 2. The third-order valence-corrected chi connectivity index (χ3v) is 8.19. The zero-order valence-corrected chi connectivity index (χ0v) is 22.8. The molecule has 1 aliphatic heterocycles. The number of hydrogen-bond donors (Lipinski definition) is 1. The van der Waals surface area contributed by atoms with Crippen LogP contribution in [0.3, 0.4) is 0 Å². The predicted molar refractivity (Wildman–Crippen MR) is 148 cm³/mol. The molecule has 39 heavy (non-hydrogen) atoms. The second kappa shape index (κ2) is 11.3. The van der Waals surface area contributed by atoms with Gasteiger partial charge in [-0.1, -0.05) is 6.92 Å². The maximum absolute atomic E-state index is 15.0. The molecule has 206 valence electrons. The SMILES string of the molecule is COC(=O)N1CCN(c2cnc3c(C(=O)Cc4cnccc4[C@@H]4C[C@H](C)C[C@H](N)C4)ccc(F)c3c2)[C@H](C)C1. The van der Waals surface area contributed by atoms with Crippen LogP contribution in [0.2, 0.25) is 0 Å². The van der Waals surface area contributed by atoms with Gasteiger partial charge in [0.1, 0.15) is 5.82 Å². The molecule has 0 radical (unpaired) electrons. The Hall–Kier alpha value is -3.59. The first kappa shape index (κ1) is 27.0. The first-order valence-corrected chi connectivity index (χ1v) is 13.6. The summed E-state index contributed by atoms with van der Waals surface area (Å²) in [6, 6.07) is 6.77. The number of ether oxygens (including phenoxy) is 1. The molecule has 0 unspecified atom stereocenters. The number of pyridine rings is 2. The summed E-state index contributed by atoms with van der Waals surface area (Å²) < 4.78 is 19.9. The normalized spacial score (nSPS) is 23.6. The van der Waals surface area contributed by atoms with E-state index >= 15 is 4.39 Å². The number of nitrogens with two attached hydrogens (primary N) is 1. The van der Waals surface area contributed by atoms with Crippen LogP contribution in [0.25, 0.3) is 10.9 Å². The monoisotopic (exact) mass is 533 g/mol. The lowest BCUT2D eigenvalue weighted by atomic mass is 9.75. The molecule has 9 heteroatoms. The van der Waals surface area contributed by atoms with Crippen molar-refractivity contribution in [3.63, 3.8) is 0 Å². The first-order valence-electron chi connectivity index (χ1n) is 13.6. The fourth-order valence-corrected chi connectivity index (χ4v) is 6.36. The number of fused-ring (bicyclic) bond motifs is 1. The summed E-state index contributed by atoms with van der Waals surface area (Å²) in [5, 5.41) is 0.305. The van der Waals surface area contributed by atoms with Crippen molar-refractivity contribution in [3.05, 3.63) is 65.4 Å². The van der Waals surface area contributed by atoms with Crippen molar-refractivity contribution in [2.75, 3.05) is 31.6 Å². The number of rotatable bonds is 5. The van der Waals surface area contributed by atoms with Crippen LogP contribution in [0.5, 0.6) is 0 Å². The smallest absolute Gasteiger partial charge is 0.409 e. The second-order valence-electron chi connectivity index (χ2n) is 11.1. The zero-order valence-electron chi connectivity index (χ0n) is 22.8. The minimum Gasteiger partial charge on any atom is -0.453 e. The van der Waals surface area contributed by atoms with Crippen LogP contribution in [0.15, 0.2) is 42.9 Å². The first-order chi connectivity index (χ1) is 18.7. The van der Waals surface area contributed by atoms with Crippen molar-refractivity contribution in [3.8, 4) is 0 Å². The van der Waals surface area contributed by atoms with E-state index in [4.69, 9.17) is 10.5 Å². The maximum atomic E-state index is 15.0. The van der Waals surface area contributed by atoms with Crippen LogP contribution < -0.4 is 10.6 Å². The zero-order chi connectivity index (χ0) is 27.7. The summed E-state index contributed by atoms with van der Waals surface area (Å²) in [5.41, 5.74) is 9.83. The Bertz CT molecular complexity index is 1370. The molecule has 8 nitrogen and oxygen atoms in total. The van der Waals surface area contributed by atoms with Crippen LogP contribution in [-0.4, -0.2) is 65.6 Å². The fraction of sp³-hybridized carbons (Fsp3) is 0.467. The standard InChI is InChI=1S/C30H36FN5O3/c1-18-10-20(12-22(32)11-18)24-6-7-33-15-21(24)13-28(37)25-4-5-27(31)26-14-23(16-34-29(25)26)36-9-8-35(17-19(36)2)30(38)39-3/h4-7,14-16,18-20,22H,8-13,17,32H2,1-3H3/t18-,19+,20+,22-/m0/s1. The van der Waals surface area contributed by atoms with Gasteiger partial charge in [-0.05, 0) is 73.4 Å². The molecule has 1 aliphatic carbocycles. The van der Waals surface area contributed by atoms with Gasteiger partial charge in [0, 0.05) is 61.5 Å². The molecule has 3 heterocycles. The third-order valence-electron chi connectivity index (χ3n) is 8.19. The Labute approximate surface area is 228 Å². The van der Waals surface area contributed by atoms with E-state index in [0.29, 0.717) is 47.9 Å². The van der Waals surface area contributed by atoms with Gasteiger partial charge in [0.15, 0.2) is 5.78 Å². The minimum atomic E-state index is -0.427. The summed E-state index contributed by atoms with van der Waals surface area (Å²) in [6.07, 6.45) is 7.99. The Morgan fingerprint density at radius 2 is 1.95 bits per heavy atom. The number of aromatic nitrogens is 2. The Morgan fingerprint density at radius 1 is 1.13 bits per heavy atom. The van der Waals surface area contributed by atoms with E-state index in [-0.39, 0.29) is 30.4 Å². The van der Waals surface area contributed by atoms with Crippen molar-refractivity contribution in [1.82, 2.24) is 14.9 Å². The highest BCUT2D eigenvalue weighted by Crippen LogP contribution is 2.37. The van der Waals surface area contributed by atoms with Crippen molar-refractivity contribution < 1.29 is 18.7 Å². The maximum Gasteiger partial charge on any atom is 0.409 e. The van der Waals surface area contributed by atoms with Crippen LogP contribution >= 0.6 is 0 Å². The molecule has 1 saturated heterocycles. The molecule has 1 aromatic carbocycles. The molecular formula is C30H36FN5O3. The molecule has 2 N–H and O–H groups in total. The van der Waals surface area contributed by atoms with Gasteiger partial charge in [-0.2, -0.15) is 0 Å². The van der Waals surface area contributed by atoms with Crippen molar-refractivity contribution in [2.24, 2.45) is 11.7 Å². The fourth-order valence-electron chi connectivity index (χ4n) is 6.36. The van der Waals surface area contributed by atoms with Crippen LogP contribution in [0, 0.1) is 11.7 Å². The molecule has 2 aliphatic rings. The molecule has 4 atom stereocenters. The number of carbonyl (C=O) groups excluding carboxylic acids is 2. The quantitative estimate of drug-likeness (QED) is 0.474. The van der Waals surface area contributed by atoms with Gasteiger partial charge in [-0.25, -0.2) is 9.18 Å². The third kappa shape index (κ3) is 5.59. The van der Waals surface area contributed by atoms with Gasteiger partial charge in [0.25, 0.3) is 0 Å². The van der Waals surface area contributed by atoms with Crippen LogP contribution in [0.1, 0.15) is 60.5 Å². The van der Waals surface area contributed by atoms with E-state index < -0.39 is 5.82 Å². The number of benzene rings is 1. The van der Waals surface area contributed by atoms with Crippen LogP contribution in [-0.2, 0) is 11.2 Å². The number of Topliss-reactive ketones (excluding diaryl/α,β-unsaturated/α-hetero) is 1. The van der Waals surface area contributed by atoms with Gasteiger partial charge in [0.05, 0.1) is 24.5 Å². The minimum absolute atomic E-state index is 0.00963. The van der Waals surface area contributed by atoms with E-state index in [1.54, 1.807) is 29.6 Å². The van der Waals surface area contributed by atoms with E-state index in [1.807, 2.05) is 13.0 Å². The van der Waals surface area contributed by atoms with Gasteiger partial charge in [-0.15, -0.1) is 0 Å². The molecular weight excluding hydrogens is 497 g/mol. The second-order valence-corrected chi connectivity index (χ2v) is 11.1. The molecule has 0 bridgehead atoms. The summed E-state index contributed by atoms with van der Waals surface area (Å²) >= 11 is 0. The van der Waals surface area contributed by atoms with Crippen molar-refractivity contribution >= 4 is 28.5 Å².